The monoisotopic (exact) mass is 588 g/mol. The summed E-state index contributed by atoms with van der Waals surface area (Å²) in [7, 11) is 4.48. The summed E-state index contributed by atoms with van der Waals surface area (Å²) >= 11 is 6.02. The summed E-state index contributed by atoms with van der Waals surface area (Å²) in [6.45, 7) is 2.21. The van der Waals surface area contributed by atoms with Crippen LogP contribution in [0.25, 0.3) is 0 Å². The van der Waals surface area contributed by atoms with Gasteiger partial charge in [0.15, 0.2) is 11.5 Å². The first-order valence-electron chi connectivity index (χ1n) is 13.6. The molecule has 0 spiro atoms. The maximum atomic E-state index is 13.1. The van der Waals surface area contributed by atoms with E-state index in [1.165, 1.54) is 31.8 Å². The summed E-state index contributed by atoms with van der Waals surface area (Å²) in [6, 6.07) is 10.2. The average Bonchev–Trinajstić information content (AvgIpc) is 3.37. The second kappa shape index (κ2) is 13.8. The molecule has 0 saturated carbocycles. The van der Waals surface area contributed by atoms with E-state index in [1.54, 1.807) is 12.1 Å². The number of methoxy groups -OCH3 is 3. The van der Waals surface area contributed by atoms with E-state index >= 15 is 0 Å². The Bertz CT molecular complexity index is 1210. The summed E-state index contributed by atoms with van der Waals surface area (Å²) in [6.07, 6.45) is 2.34. The van der Waals surface area contributed by atoms with Crippen molar-refractivity contribution in [3.8, 4) is 17.2 Å². The molecule has 0 bridgehead atoms. The predicted molar refractivity (Wildman–Crippen MR) is 154 cm³/mol. The lowest BCUT2D eigenvalue weighted by atomic mass is 9.89. The van der Waals surface area contributed by atoms with Crippen LogP contribution in [0.3, 0.4) is 0 Å². The number of likely N-dealkylation sites (tertiary alicyclic amines) is 2. The zero-order valence-electron chi connectivity index (χ0n) is 23.5. The van der Waals surface area contributed by atoms with Crippen LogP contribution in [0.2, 0.25) is 5.02 Å². The lowest BCUT2D eigenvalue weighted by molar-refractivity contribution is -0.143. The van der Waals surface area contributed by atoms with Gasteiger partial charge in [-0.05, 0) is 56.0 Å². The van der Waals surface area contributed by atoms with Gasteiger partial charge < -0.3 is 34.9 Å². The van der Waals surface area contributed by atoms with Crippen LogP contribution in [0.4, 0.5) is 10.5 Å². The van der Waals surface area contributed by atoms with Gasteiger partial charge in [0.25, 0.3) is 0 Å². The lowest BCUT2D eigenvalue weighted by Gasteiger charge is -2.38. The summed E-state index contributed by atoms with van der Waals surface area (Å²) in [5.41, 5.74) is 1.69. The molecule has 2 aromatic carbocycles. The predicted octanol–water partition coefficient (Wildman–Crippen LogP) is 3.50. The SMILES string of the molecule is COc1cc(NC(=O)N[C@H]2CN(C(=O)CC(=O)O)C[C@@H]2N2CCC(Cc3ccc(Cl)cc3)CC2)cc(OC)c1OC. The second-order valence-electron chi connectivity index (χ2n) is 10.4. The number of carbonyl (C=O) groups is 3. The van der Waals surface area contributed by atoms with Gasteiger partial charge in [0.1, 0.15) is 6.42 Å². The van der Waals surface area contributed by atoms with E-state index in [9.17, 15) is 14.4 Å². The number of nitrogens with one attached hydrogen (secondary N) is 2. The lowest BCUT2D eigenvalue weighted by Crippen LogP contribution is -2.54. The minimum atomic E-state index is -1.17. The summed E-state index contributed by atoms with van der Waals surface area (Å²) < 4.78 is 16.1. The molecule has 41 heavy (non-hydrogen) atoms. The third-order valence-electron chi connectivity index (χ3n) is 7.74. The molecular formula is C29H37ClN4O7. The number of urea groups is 1. The van der Waals surface area contributed by atoms with Crippen molar-refractivity contribution >= 4 is 35.2 Å². The number of carbonyl (C=O) groups excluding carboxylic acids is 2. The zero-order valence-corrected chi connectivity index (χ0v) is 24.3. The van der Waals surface area contributed by atoms with Gasteiger partial charge >= 0.3 is 12.0 Å². The number of benzene rings is 2. The Kier molecular flexibility index (Phi) is 10.2. The molecule has 12 heteroatoms. The number of halogens is 1. The van der Waals surface area contributed by atoms with Crippen LogP contribution in [-0.4, -0.2) is 92.4 Å². The van der Waals surface area contributed by atoms with Crippen LogP contribution >= 0.6 is 11.6 Å². The third kappa shape index (κ3) is 7.74. The number of rotatable bonds is 10. The molecule has 2 heterocycles. The van der Waals surface area contributed by atoms with Gasteiger partial charge in [0.05, 0.1) is 33.1 Å². The highest BCUT2D eigenvalue weighted by atomic mass is 35.5. The number of anilines is 1. The summed E-state index contributed by atoms with van der Waals surface area (Å²) in [5.74, 6) is 0.0818. The van der Waals surface area contributed by atoms with Crippen molar-refractivity contribution in [2.75, 3.05) is 52.8 Å². The fourth-order valence-electron chi connectivity index (χ4n) is 5.67. The molecule has 0 aromatic heterocycles. The van der Waals surface area contributed by atoms with Crippen LogP contribution in [0, 0.1) is 5.92 Å². The molecule has 4 rings (SSSR count). The number of hydrogen-bond donors (Lipinski definition) is 3. The number of carboxylic acid groups (broad SMARTS) is 1. The van der Waals surface area contributed by atoms with Crippen LogP contribution < -0.4 is 24.8 Å². The molecular weight excluding hydrogens is 552 g/mol. The second-order valence-corrected chi connectivity index (χ2v) is 10.8. The number of ether oxygens (including phenoxy) is 3. The van der Waals surface area contributed by atoms with E-state index in [0.29, 0.717) is 35.4 Å². The minimum Gasteiger partial charge on any atom is -0.493 e. The highest BCUT2D eigenvalue weighted by molar-refractivity contribution is 6.30. The van der Waals surface area contributed by atoms with Gasteiger partial charge in [-0.1, -0.05) is 23.7 Å². The molecule has 3 N–H and O–H groups in total. The summed E-state index contributed by atoms with van der Waals surface area (Å²) in [5, 5.41) is 15.7. The number of carboxylic acids is 1. The summed E-state index contributed by atoms with van der Waals surface area (Å²) in [4.78, 5) is 40.8. The van der Waals surface area contributed by atoms with Crippen molar-refractivity contribution in [1.29, 1.82) is 0 Å². The van der Waals surface area contributed by atoms with Crippen molar-refractivity contribution in [2.45, 2.75) is 37.8 Å². The highest BCUT2D eigenvalue weighted by Gasteiger charge is 2.41. The van der Waals surface area contributed by atoms with Gasteiger partial charge in [0, 0.05) is 36.3 Å². The first kappa shape index (κ1) is 30.3. The fraction of sp³-hybridized carbons (Fsp3) is 0.483. The molecule has 11 nitrogen and oxygen atoms in total. The standard InChI is InChI=1S/C29H37ClN4O7/c1-39-24-13-21(14-25(40-2)28(24)41-3)31-29(38)32-22-16-34(26(35)15-27(36)37)17-23(22)33-10-8-19(9-11-33)12-18-4-6-20(30)7-5-18/h4-7,13-14,19,22-23H,8-12,15-17H2,1-3H3,(H,36,37)(H2,31,32,38)/t22-,23-/m0/s1. The number of amides is 3. The van der Waals surface area contributed by atoms with E-state index in [2.05, 4.69) is 27.7 Å². The Morgan fingerprint density at radius 3 is 2.17 bits per heavy atom. The average molecular weight is 589 g/mol. The van der Waals surface area contributed by atoms with E-state index in [0.717, 1.165) is 37.4 Å². The van der Waals surface area contributed by atoms with Gasteiger partial charge in [-0.25, -0.2) is 4.79 Å². The van der Waals surface area contributed by atoms with E-state index in [-0.39, 0.29) is 18.6 Å². The van der Waals surface area contributed by atoms with Crippen LogP contribution in [0.1, 0.15) is 24.8 Å². The molecule has 3 amide bonds. The Labute approximate surface area is 244 Å². The quantitative estimate of drug-likeness (QED) is 0.360. The largest absolute Gasteiger partial charge is 0.493 e. The molecule has 2 saturated heterocycles. The molecule has 2 aliphatic heterocycles. The third-order valence-corrected chi connectivity index (χ3v) is 7.99. The van der Waals surface area contributed by atoms with E-state index in [1.807, 2.05) is 12.1 Å². The van der Waals surface area contributed by atoms with E-state index in [4.69, 9.17) is 30.9 Å². The van der Waals surface area contributed by atoms with Gasteiger partial charge in [0.2, 0.25) is 11.7 Å². The first-order valence-corrected chi connectivity index (χ1v) is 13.9. The fourth-order valence-corrected chi connectivity index (χ4v) is 5.80. The van der Waals surface area contributed by atoms with Crippen molar-refractivity contribution in [1.82, 2.24) is 15.1 Å². The van der Waals surface area contributed by atoms with Crippen molar-refractivity contribution < 1.29 is 33.7 Å². The molecule has 2 aliphatic rings. The number of hydrogen-bond acceptors (Lipinski definition) is 7. The van der Waals surface area contributed by atoms with Gasteiger partial charge in [-0.2, -0.15) is 0 Å². The van der Waals surface area contributed by atoms with Crippen molar-refractivity contribution in [2.24, 2.45) is 5.92 Å². The minimum absolute atomic E-state index is 0.144. The van der Waals surface area contributed by atoms with Gasteiger partial charge in [-0.3, -0.25) is 14.5 Å². The van der Waals surface area contributed by atoms with Gasteiger partial charge in [-0.15, -0.1) is 0 Å². The Morgan fingerprint density at radius 2 is 1.61 bits per heavy atom. The molecule has 0 radical (unpaired) electrons. The molecule has 0 unspecified atom stereocenters. The van der Waals surface area contributed by atoms with Crippen molar-refractivity contribution in [3.63, 3.8) is 0 Å². The highest BCUT2D eigenvalue weighted by Crippen LogP contribution is 2.40. The molecule has 0 aliphatic carbocycles. The van der Waals surface area contributed by atoms with E-state index < -0.39 is 24.3 Å². The topological polar surface area (TPSA) is 130 Å². The zero-order chi connectivity index (χ0) is 29.5. The molecule has 2 fully saturated rings. The van der Waals surface area contributed by atoms with Crippen molar-refractivity contribution in [3.05, 3.63) is 47.0 Å². The Hall–Kier alpha value is -3.70. The smallest absolute Gasteiger partial charge is 0.319 e. The Morgan fingerprint density at radius 1 is 0.976 bits per heavy atom. The van der Waals surface area contributed by atoms with Crippen LogP contribution in [-0.2, 0) is 16.0 Å². The maximum absolute atomic E-state index is 13.1. The van der Waals surface area contributed by atoms with Crippen LogP contribution in [0.5, 0.6) is 17.2 Å². The molecule has 222 valence electrons. The first-order chi connectivity index (χ1) is 19.7. The molecule has 2 atom stereocenters. The normalized spacial score (nSPS) is 19.5. The molecule has 2 aromatic rings. The number of nitrogens with zero attached hydrogens (tertiary/aromatic N) is 2. The number of aliphatic carboxylic acids is 1. The Balaban J connectivity index is 1.43. The van der Waals surface area contributed by atoms with Crippen LogP contribution in [0.15, 0.2) is 36.4 Å². The maximum Gasteiger partial charge on any atom is 0.319 e. The number of piperidine rings is 1.